The van der Waals surface area contributed by atoms with Crippen molar-refractivity contribution < 1.29 is 23.1 Å². The molecule has 1 aromatic carbocycles. The van der Waals surface area contributed by atoms with Gasteiger partial charge in [0.05, 0.1) is 5.56 Å². The number of hydrogen-bond acceptors (Lipinski definition) is 2. The molecule has 0 heterocycles. The fourth-order valence-corrected chi connectivity index (χ4v) is 1.92. The monoisotopic (exact) mass is 256 g/mol. The van der Waals surface area contributed by atoms with Gasteiger partial charge in [-0.25, -0.2) is 0 Å². The number of carbonyl (C=O) groups is 1. The first kappa shape index (κ1) is 12.8. The number of aliphatic hydroxyl groups is 1. The number of aliphatic hydroxyl groups excluding tert-OH is 1. The smallest absolute Gasteiger partial charge is 0.384 e. The Balaban J connectivity index is 2.22. The molecule has 2 rings (SSSR count). The van der Waals surface area contributed by atoms with Crippen LogP contribution in [0.5, 0.6) is 0 Å². The van der Waals surface area contributed by atoms with Gasteiger partial charge in [-0.05, 0) is 24.1 Å². The Morgan fingerprint density at radius 2 is 1.78 bits per heavy atom. The van der Waals surface area contributed by atoms with Crippen LogP contribution >= 0.6 is 0 Å². The largest absolute Gasteiger partial charge is 0.416 e. The second-order valence-electron chi connectivity index (χ2n) is 4.14. The van der Waals surface area contributed by atoms with Crippen LogP contribution in [0.3, 0.4) is 0 Å². The van der Waals surface area contributed by atoms with Gasteiger partial charge in [0.25, 0.3) is 0 Å². The van der Waals surface area contributed by atoms with Crippen LogP contribution in [0.4, 0.5) is 13.2 Å². The molecule has 1 N–H and O–H groups in total. The number of rotatable bonds is 2. The normalized spacial score (nSPS) is 17.8. The highest BCUT2D eigenvalue weighted by Crippen LogP contribution is 2.32. The summed E-state index contributed by atoms with van der Waals surface area (Å²) >= 11 is 0. The van der Waals surface area contributed by atoms with E-state index in [4.69, 9.17) is 0 Å². The van der Waals surface area contributed by atoms with Crippen LogP contribution in [0.25, 0.3) is 0 Å². The third kappa shape index (κ3) is 2.46. The topological polar surface area (TPSA) is 37.3 Å². The third-order valence-corrected chi connectivity index (χ3v) is 2.91. The summed E-state index contributed by atoms with van der Waals surface area (Å²) in [7, 11) is 0. The van der Waals surface area contributed by atoms with Crippen molar-refractivity contribution in [3.8, 4) is 0 Å². The Morgan fingerprint density at radius 3 is 2.22 bits per heavy atom. The summed E-state index contributed by atoms with van der Waals surface area (Å²) < 4.78 is 37.1. The summed E-state index contributed by atoms with van der Waals surface area (Å²) in [5.74, 6) is -0.151. The molecule has 0 saturated heterocycles. The third-order valence-electron chi connectivity index (χ3n) is 2.91. The van der Waals surface area contributed by atoms with E-state index in [1.54, 1.807) is 6.08 Å². The van der Waals surface area contributed by atoms with Crippen molar-refractivity contribution in [2.45, 2.75) is 25.1 Å². The number of hydrogen-bond donors (Lipinski definition) is 1. The van der Waals surface area contributed by atoms with Gasteiger partial charge >= 0.3 is 6.18 Å². The molecular formula is C13H11F3O2. The van der Waals surface area contributed by atoms with E-state index in [0.717, 1.165) is 12.1 Å². The van der Waals surface area contributed by atoms with E-state index in [1.807, 2.05) is 0 Å². The molecule has 1 atom stereocenters. The summed E-state index contributed by atoms with van der Waals surface area (Å²) in [5.41, 5.74) is -0.204. The predicted molar refractivity (Wildman–Crippen MR) is 58.7 cm³/mol. The Morgan fingerprint density at radius 1 is 1.17 bits per heavy atom. The average Bonchev–Trinajstić information content (AvgIpc) is 2.73. The van der Waals surface area contributed by atoms with Gasteiger partial charge in [0.1, 0.15) is 6.10 Å². The number of Topliss-reactive ketones (excluding diaryl/α,β-unsaturated/α-hetero) is 1. The number of ketones is 1. The molecule has 0 bridgehead atoms. The summed E-state index contributed by atoms with van der Waals surface area (Å²) in [4.78, 5) is 11.4. The Labute approximate surface area is 102 Å². The molecule has 1 aliphatic carbocycles. The van der Waals surface area contributed by atoms with Gasteiger partial charge in [-0.15, -0.1) is 0 Å². The zero-order valence-electron chi connectivity index (χ0n) is 9.37. The molecule has 0 unspecified atom stereocenters. The van der Waals surface area contributed by atoms with Gasteiger partial charge in [-0.3, -0.25) is 4.79 Å². The van der Waals surface area contributed by atoms with E-state index >= 15 is 0 Å². The zero-order chi connectivity index (χ0) is 13.3. The lowest BCUT2D eigenvalue weighted by molar-refractivity contribution is -0.137. The van der Waals surface area contributed by atoms with Gasteiger partial charge in [0, 0.05) is 12.0 Å². The molecule has 1 aromatic rings. The SMILES string of the molecule is O=C1CCC=C1[C@@H](O)c1ccc(C(F)(F)F)cc1. The Kier molecular flexibility index (Phi) is 3.26. The fraction of sp³-hybridized carbons (Fsp3) is 0.308. The number of alkyl halides is 3. The van der Waals surface area contributed by atoms with Gasteiger partial charge < -0.3 is 5.11 Å². The molecule has 18 heavy (non-hydrogen) atoms. The van der Waals surface area contributed by atoms with Gasteiger partial charge in [0.15, 0.2) is 5.78 Å². The highest BCUT2D eigenvalue weighted by Gasteiger charge is 2.30. The molecule has 0 radical (unpaired) electrons. The first-order chi connectivity index (χ1) is 8.39. The lowest BCUT2D eigenvalue weighted by Crippen LogP contribution is -2.09. The standard InChI is InChI=1S/C13H11F3O2/c14-13(15,16)9-6-4-8(5-7-9)12(18)10-2-1-3-11(10)17/h2,4-7,12,18H,1,3H2/t12-/m0/s1. The van der Waals surface area contributed by atoms with Crippen molar-refractivity contribution in [1.82, 2.24) is 0 Å². The minimum atomic E-state index is -4.40. The van der Waals surface area contributed by atoms with Gasteiger partial charge in [-0.1, -0.05) is 18.2 Å². The number of allylic oxidation sites excluding steroid dienone is 1. The average molecular weight is 256 g/mol. The summed E-state index contributed by atoms with van der Waals surface area (Å²) in [6.45, 7) is 0. The van der Waals surface area contributed by atoms with Crippen LogP contribution in [-0.4, -0.2) is 10.9 Å². The maximum atomic E-state index is 12.4. The van der Waals surface area contributed by atoms with E-state index in [1.165, 1.54) is 12.1 Å². The first-order valence-electron chi connectivity index (χ1n) is 5.48. The summed E-state index contributed by atoms with van der Waals surface area (Å²) in [6.07, 6.45) is -2.97. The van der Waals surface area contributed by atoms with E-state index in [0.29, 0.717) is 18.4 Å². The molecule has 5 heteroatoms. The first-order valence-corrected chi connectivity index (χ1v) is 5.48. The van der Waals surface area contributed by atoms with Crippen molar-refractivity contribution in [2.75, 3.05) is 0 Å². The van der Waals surface area contributed by atoms with Crippen molar-refractivity contribution in [3.63, 3.8) is 0 Å². The molecular weight excluding hydrogens is 245 g/mol. The van der Waals surface area contributed by atoms with Crippen LogP contribution in [0.1, 0.15) is 30.1 Å². The number of halogens is 3. The highest BCUT2D eigenvalue weighted by atomic mass is 19.4. The van der Waals surface area contributed by atoms with Crippen LogP contribution in [0, 0.1) is 0 Å². The molecule has 0 fully saturated rings. The van der Waals surface area contributed by atoms with Crippen LogP contribution in [0.2, 0.25) is 0 Å². The Bertz CT molecular complexity index is 486. The van der Waals surface area contributed by atoms with E-state index < -0.39 is 17.8 Å². The van der Waals surface area contributed by atoms with Crippen molar-refractivity contribution in [1.29, 1.82) is 0 Å². The summed E-state index contributed by atoms with van der Waals surface area (Å²) in [5, 5.41) is 9.91. The quantitative estimate of drug-likeness (QED) is 0.883. The lowest BCUT2D eigenvalue weighted by Gasteiger charge is -2.13. The molecule has 0 amide bonds. The predicted octanol–water partition coefficient (Wildman–Crippen LogP) is 3.03. The van der Waals surface area contributed by atoms with Crippen LogP contribution in [0.15, 0.2) is 35.9 Å². The lowest BCUT2D eigenvalue weighted by atomic mass is 9.99. The number of benzene rings is 1. The van der Waals surface area contributed by atoms with Crippen molar-refractivity contribution in [3.05, 3.63) is 47.0 Å². The summed E-state index contributed by atoms with van der Waals surface area (Å²) in [6, 6.07) is 4.19. The zero-order valence-corrected chi connectivity index (χ0v) is 9.37. The second-order valence-corrected chi connectivity index (χ2v) is 4.14. The molecule has 96 valence electrons. The van der Waals surface area contributed by atoms with E-state index in [-0.39, 0.29) is 11.4 Å². The van der Waals surface area contributed by atoms with Crippen molar-refractivity contribution >= 4 is 5.78 Å². The van der Waals surface area contributed by atoms with Crippen molar-refractivity contribution in [2.24, 2.45) is 0 Å². The van der Waals surface area contributed by atoms with Crippen LogP contribution in [-0.2, 0) is 11.0 Å². The van der Waals surface area contributed by atoms with E-state index in [2.05, 4.69) is 0 Å². The molecule has 0 aliphatic heterocycles. The maximum Gasteiger partial charge on any atom is 0.416 e. The molecule has 0 aromatic heterocycles. The fourth-order valence-electron chi connectivity index (χ4n) is 1.92. The maximum absolute atomic E-state index is 12.4. The van der Waals surface area contributed by atoms with Crippen LogP contribution < -0.4 is 0 Å². The molecule has 1 aliphatic rings. The Hall–Kier alpha value is -1.62. The van der Waals surface area contributed by atoms with E-state index in [9.17, 15) is 23.1 Å². The molecule has 2 nitrogen and oxygen atoms in total. The minimum absolute atomic E-state index is 0.151. The minimum Gasteiger partial charge on any atom is -0.384 e. The number of carbonyl (C=O) groups excluding carboxylic acids is 1. The molecule has 0 saturated carbocycles. The molecule has 0 spiro atoms. The van der Waals surface area contributed by atoms with Gasteiger partial charge in [-0.2, -0.15) is 13.2 Å². The second kappa shape index (κ2) is 4.57. The highest BCUT2D eigenvalue weighted by molar-refractivity contribution is 5.98. The van der Waals surface area contributed by atoms with Gasteiger partial charge in [0.2, 0.25) is 0 Å².